The normalized spacial score (nSPS) is 23.0. The van der Waals surface area contributed by atoms with Gasteiger partial charge < -0.3 is 14.8 Å². The fourth-order valence-electron chi connectivity index (χ4n) is 3.63. The Morgan fingerprint density at radius 3 is 2.88 bits per heavy atom. The zero-order valence-corrected chi connectivity index (χ0v) is 14.5. The molecule has 5 heteroatoms. The Hall–Kier alpha value is -1.59. The van der Waals surface area contributed by atoms with Crippen LogP contribution in [0.2, 0.25) is 0 Å². The third kappa shape index (κ3) is 4.28. The Labute approximate surface area is 144 Å². The van der Waals surface area contributed by atoms with Crippen molar-refractivity contribution in [3.8, 4) is 5.75 Å². The largest absolute Gasteiger partial charge is 0.497 e. The van der Waals surface area contributed by atoms with E-state index in [9.17, 15) is 4.79 Å². The summed E-state index contributed by atoms with van der Waals surface area (Å²) in [6, 6.07) is 8.37. The minimum Gasteiger partial charge on any atom is -0.497 e. The molecule has 0 aliphatic carbocycles. The van der Waals surface area contributed by atoms with Crippen molar-refractivity contribution in [1.82, 2.24) is 10.2 Å². The number of rotatable bonds is 6. The SMILES string of the molecule is COc1cccc(C(CNC(=O)C2CCCO2)N2CCCCC2)c1. The second kappa shape index (κ2) is 8.49. The number of carbonyl (C=O) groups excluding carboxylic acids is 1. The molecule has 2 saturated heterocycles. The molecule has 2 aliphatic rings. The van der Waals surface area contributed by atoms with Gasteiger partial charge in [-0.05, 0) is 56.5 Å². The highest BCUT2D eigenvalue weighted by Crippen LogP contribution is 2.27. The van der Waals surface area contributed by atoms with E-state index in [0.717, 1.165) is 31.7 Å². The van der Waals surface area contributed by atoms with Crippen LogP contribution in [0.15, 0.2) is 24.3 Å². The maximum absolute atomic E-state index is 12.3. The van der Waals surface area contributed by atoms with Gasteiger partial charge >= 0.3 is 0 Å². The topological polar surface area (TPSA) is 50.8 Å². The first-order valence-corrected chi connectivity index (χ1v) is 9.05. The van der Waals surface area contributed by atoms with Crippen LogP contribution in [0.4, 0.5) is 0 Å². The van der Waals surface area contributed by atoms with Gasteiger partial charge in [-0.25, -0.2) is 0 Å². The summed E-state index contributed by atoms with van der Waals surface area (Å²) in [7, 11) is 1.69. The quantitative estimate of drug-likeness (QED) is 0.870. The van der Waals surface area contributed by atoms with Gasteiger partial charge in [0.25, 0.3) is 0 Å². The summed E-state index contributed by atoms with van der Waals surface area (Å²) in [6.07, 6.45) is 5.28. The average Bonchev–Trinajstić information content (AvgIpc) is 3.18. The van der Waals surface area contributed by atoms with Crippen molar-refractivity contribution in [3.05, 3.63) is 29.8 Å². The molecule has 5 nitrogen and oxygen atoms in total. The fraction of sp³-hybridized carbons (Fsp3) is 0.632. The van der Waals surface area contributed by atoms with Gasteiger partial charge in [0.1, 0.15) is 11.9 Å². The van der Waals surface area contributed by atoms with Crippen molar-refractivity contribution in [1.29, 1.82) is 0 Å². The van der Waals surface area contributed by atoms with Gasteiger partial charge in [-0.3, -0.25) is 9.69 Å². The van der Waals surface area contributed by atoms with E-state index in [2.05, 4.69) is 22.3 Å². The van der Waals surface area contributed by atoms with Gasteiger partial charge in [-0.2, -0.15) is 0 Å². The highest BCUT2D eigenvalue weighted by Gasteiger charge is 2.27. The number of likely N-dealkylation sites (tertiary alicyclic amines) is 1. The molecule has 2 aliphatic heterocycles. The number of nitrogens with one attached hydrogen (secondary N) is 1. The molecule has 0 saturated carbocycles. The summed E-state index contributed by atoms with van der Waals surface area (Å²) in [5, 5.41) is 3.11. The minimum atomic E-state index is -0.266. The number of hydrogen-bond acceptors (Lipinski definition) is 4. The first-order valence-electron chi connectivity index (χ1n) is 9.05. The van der Waals surface area contributed by atoms with Gasteiger partial charge in [-0.15, -0.1) is 0 Å². The molecule has 3 rings (SSSR count). The highest BCUT2D eigenvalue weighted by atomic mass is 16.5. The zero-order chi connectivity index (χ0) is 16.8. The maximum atomic E-state index is 12.3. The molecule has 2 fully saturated rings. The maximum Gasteiger partial charge on any atom is 0.249 e. The summed E-state index contributed by atoms with van der Waals surface area (Å²) in [5.74, 6) is 0.886. The molecule has 2 atom stereocenters. The molecule has 24 heavy (non-hydrogen) atoms. The van der Waals surface area contributed by atoms with E-state index in [4.69, 9.17) is 9.47 Å². The fourth-order valence-corrected chi connectivity index (χ4v) is 3.63. The third-order valence-corrected chi connectivity index (χ3v) is 5.00. The van der Waals surface area contributed by atoms with Crippen LogP contribution in [0.3, 0.4) is 0 Å². The van der Waals surface area contributed by atoms with E-state index in [1.54, 1.807) is 7.11 Å². The van der Waals surface area contributed by atoms with Crippen LogP contribution < -0.4 is 10.1 Å². The van der Waals surface area contributed by atoms with Gasteiger partial charge in [0.05, 0.1) is 13.2 Å². The number of ether oxygens (including phenoxy) is 2. The lowest BCUT2D eigenvalue weighted by atomic mass is 10.0. The van der Waals surface area contributed by atoms with Crippen molar-refractivity contribution in [2.45, 2.75) is 44.2 Å². The molecular formula is C19H28N2O3. The molecule has 1 N–H and O–H groups in total. The smallest absolute Gasteiger partial charge is 0.249 e. The second-order valence-electron chi connectivity index (χ2n) is 6.64. The third-order valence-electron chi connectivity index (χ3n) is 5.00. The predicted octanol–water partition coefficient (Wildman–Crippen LogP) is 2.52. The van der Waals surface area contributed by atoms with E-state index in [1.807, 2.05) is 12.1 Å². The molecule has 1 aromatic rings. The second-order valence-corrected chi connectivity index (χ2v) is 6.64. The first-order chi connectivity index (χ1) is 11.8. The van der Waals surface area contributed by atoms with Crippen LogP contribution in [0.1, 0.15) is 43.7 Å². The van der Waals surface area contributed by atoms with Crippen LogP contribution in [0, 0.1) is 0 Å². The van der Waals surface area contributed by atoms with Crippen LogP contribution in [0.5, 0.6) is 5.75 Å². The van der Waals surface area contributed by atoms with Gasteiger partial charge in [0.15, 0.2) is 0 Å². The Morgan fingerprint density at radius 1 is 1.33 bits per heavy atom. The molecule has 0 spiro atoms. The summed E-state index contributed by atoms with van der Waals surface area (Å²) >= 11 is 0. The van der Waals surface area contributed by atoms with Crippen molar-refractivity contribution < 1.29 is 14.3 Å². The highest BCUT2D eigenvalue weighted by molar-refractivity contribution is 5.81. The zero-order valence-electron chi connectivity index (χ0n) is 14.5. The molecule has 132 valence electrons. The summed E-state index contributed by atoms with van der Waals surface area (Å²) in [4.78, 5) is 14.8. The van der Waals surface area contributed by atoms with E-state index in [-0.39, 0.29) is 18.1 Å². The monoisotopic (exact) mass is 332 g/mol. The van der Waals surface area contributed by atoms with E-state index in [1.165, 1.54) is 24.8 Å². The number of methoxy groups -OCH3 is 1. The van der Waals surface area contributed by atoms with Crippen molar-refractivity contribution >= 4 is 5.91 Å². The number of amides is 1. The van der Waals surface area contributed by atoms with E-state index < -0.39 is 0 Å². The number of benzene rings is 1. The number of carbonyl (C=O) groups is 1. The van der Waals surface area contributed by atoms with E-state index in [0.29, 0.717) is 13.2 Å². The van der Waals surface area contributed by atoms with Crippen LogP contribution in [0.25, 0.3) is 0 Å². The lowest BCUT2D eigenvalue weighted by molar-refractivity contribution is -0.130. The van der Waals surface area contributed by atoms with Crippen molar-refractivity contribution in [3.63, 3.8) is 0 Å². The predicted molar refractivity (Wildman–Crippen MR) is 93.1 cm³/mol. The molecule has 1 aromatic carbocycles. The van der Waals surface area contributed by atoms with E-state index >= 15 is 0 Å². The Bertz CT molecular complexity index is 537. The molecule has 0 aromatic heterocycles. The molecule has 2 heterocycles. The molecular weight excluding hydrogens is 304 g/mol. The van der Waals surface area contributed by atoms with Gasteiger partial charge in [-0.1, -0.05) is 18.6 Å². The number of piperidine rings is 1. The summed E-state index contributed by atoms with van der Waals surface area (Å²) in [5.41, 5.74) is 1.20. The summed E-state index contributed by atoms with van der Waals surface area (Å²) in [6.45, 7) is 3.48. The van der Waals surface area contributed by atoms with Crippen molar-refractivity contribution in [2.24, 2.45) is 0 Å². The lowest BCUT2D eigenvalue weighted by Gasteiger charge is -2.35. The first kappa shape index (κ1) is 17.2. The lowest BCUT2D eigenvalue weighted by Crippen LogP contribution is -2.43. The number of hydrogen-bond donors (Lipinski definition) is 1. The standard InChI is InChI=1S/C19H28N2O3/c1-23-16-8-5-7-15(13-16)17(21-10-3-2-4-11-21)14-20-19(22)18-9-6-12-24-18/h5,7-8,13,17-18H,2-4,6,9-12,14H2,1H3,(H,20,22). The van der Waals surface area contributed by atoms with Crippen LogP contribution in [-0.2, 0) is 9.53 Å². The Kier molecular flexibility index (Phi) is 6.10. The summed E-state index contributed by atoms with van der Waals surface area (Å²) < 4.78 is 10.9. The van der Waals surface area contributed by atoms with Gasteiger partial charge in [0, 0.05) is 13.2 Å². The Morgan fingerprint density at radius 2 is 2.17 bits per heavy atom. The van der Waals surface area contributed by atoms with Crippen LogP contribution in [-0.4, -0.2) is 50.3 Å². The average molecular weight is 332 g/mol. The molecule has 1 amide bonds. The minimum absolute atomic E-state index is 0.0254. The molecule has 2 unspecified atom stereocenters. The Balaban J connectivity index is 1.70. The molecule has 0 bridgehead atoms. The van der Waals surface area contributed by atoms with Gasteiger partial charge in [0.2, 0.25) is 5.91 Å². The number of nitrogens with zero attached hydrogens (tertiary/aromatic N) is 1. The van der Waals surface area contributed by atoms with Crippen LogP contribution >= 0.6 is 0 Å². The van der Waals surface area contributed by atoms with Crippen molar-refractivity contribution in [2.75, 3.05) is 33.4 Å². The molecule has 0 radical (unpaired) electrons.